The molecule has 0 unspecified atom stereocenters. The maximum atomic E-state index is 13.5. The summed E-state index contributed by atoms with van der Waals surface area (Å²) < 4.78 is 45.5. The average Bonchev–Trinajstić information content (AvgIpc) is 2.54. The molecular formula is C18H12F3NO3. The summed E-state index contributed by atoms with van der Waals surface area (Å²) in [6, 6.07) is 13.1. The van der Waals surface area contributed by atoms with Gasteiger partial charge in [0.25, 0.3) is 0 Å². The second-order valence-electron chi connectivity index (χ2n) is 5.40. The lowest BCUT2D eigenvalue weighted by Gasteiger charge is -2.15. The zero-order valence-corrected chi connectivity index (χ0v) is 13.0. The number of halogens is 3. The van der Waals surface area contributed by atoms with Gasteiger partial charge in [-0.15, -0.1) is 0 Å². The largest absolute Gasteiger partial charge is 0.421 e. The Morgan fingerprint density at radius 3 is 2.32 bits per heavy atom. The van der Waals surface area contributed by atoms with Gasteiger partial charge in [-0.2, -0.15) is 13.2 Å². The number of nitrogens with one attached hydrogen (secondary N) is 1. The maximum absolute atomic E-state index is 13.5. The van der Waals surface area contributed by atoms with Crippen molar-refractivity contribution in [3.63, 3.8) is 0 Å². The first-order valence-corrected chi connectivity index (χ1v) is 7.28. The van der Waals surface area contributed by atoms with Crippen molar-refractivity contribution in [1.29, 1.82) is 0 Å². The van der Waals surface area contributed by atoms with Crippen molar-refractivity contribution in [2.75, 3.05) is 5.32 Å². The highest BCUT2D eigenvalue weighted by Gasteiger charge is 2.38. The van der Waals surface area contributed by atoms with Gasteiger partial charge in [0.1, 0.15) is 11.3 Å². The summed E-state index contributed by atoms with van der Waals surface area (Å²) >= 11 is 0. The normalized spacial score (nSPS) is 11.5. The third-order valence-corrected chi connectivity index (χ3v) is 3.60. The number of carbonyl (C=O) groups excluding carboxylic acids is 1. The summed E-state index contributed by atoms with van der Waals surface area (Å²) in [5.74, 6) is -0.793. The van der Waals surface area contributed by atoms with E-state index in [0.717, 1.165) is 12.5 Å². The van der Waals surface area contributed by atoms with E-state index in [1.54, 1.807) is 24.3 Å². The smallest absolute Gasteiger partial charge is 0.419 e. The SMILES string of the molecule is CC(=O)Nc1c(C(F)(F)F)c2ccc(-c3ccccc3)cc2oc1=O. The molecule has 3 rings (SSSR count). The van der Waals surface area contributed by atoms with Crippen molar-refractivity contribution >= 4 is 22.6 Å². The first-order chi connectivity index (χ1) is 11.8. The molecule has 0 fully saturated rings. The topological polar surface area (TPSA) is 59.3 Å². The molecule has 25 heavy (non-hydrogen) atoms. The standard InChI is InChI=1S/C18H12F3NO3/c1-10(23)22-16-15(18(19,20)21)13-8-7-12(9-14(13)25-17(16)24)11-5-3-2-4-6-11/h2-9H,1H3,(H,22,23). The van der Waals surface area contributed by atoms with E-state index >= 15 is 0 Å². The Morgan fingerprint density at radius 1 is 1.04 bits per heavy atom. The zero-order chi connectivity index (χ0) is 18.2. The van der Waals surface area contributed by atoms with Crippen molar-refractivity contribution in [1.82, 2.24) is 0 Å². The van der Waals surface area contributed by atoms with E-state index in [-0.39, 0.29) is 11.0 Å². The molecule has 0 bridgehead atoms. The number of alkyl halides is 3. The summed E-state index contributed by atoms with van der Waals surface area (Å²) in [7, 11) is 0. The summed E-state index contributed by atoms with van der Waals surface area (Å²) in [6.07, 6.45) is -4.83. The van der Waals surface area contributed by atoms with E-state index in [0.29, 0.717) is 5.56 Å². The lowest BCUT2D eigenvalue weighted by Crippen LogP contribution is -2.21. The molecule has 1 amide bonds. The molecule has 0 spiro atoms. The molecule has 3 aromatic rings. The number of rotatable bonds is 2. The van der Waals surface area contributed by atoms with Gasteiger partial charge < -0.3 is 9.73 Å². The third kappa shape index (κ3) is 3.26. The molecule has 4 nitrogen and oxygen atoms in total. The van der Waals surface area contributed by atoms with Crippen LogP contribution in [0, 0.1) is 0 Å². The monoisotopic (exact) mass is 347 g/mol. The molecule has 0 aliphatic rings. The van der Waals surface area contributed by atoms with Crippen LogP contribution in [-0.2, 0) is 11.0 Å². The second-order valence-corrected chi connectivity index (χ2v) is 5.40. The Labute approximate surface area is 139 Å². The summed E-state index contributed by atoms with van der Waals surface area (Å²) in [5.41, 5.74) is -2.19. The van der Waals surface area contributed by atoms with Crippen molar-refractivity contribution < 1.29 is 22.4 Å². The second kappa shape index (κ2) is 6.08. The predicted octanol–water partition coefficient (Wildman–Crippen LogP) is 4.44. The van der Waals surface area contributed by atoms with Crippen LogP contribution in [0.3, 0.4) is 0 Å². The van der Waals surface area contributed by atoms with Crippen molar-refractivity contribution in [3.8, 4) is 11.1 Å². The molecule has 0 atom stereocenters. The molecule has 128 valence electrons. The number of benzene rings is 2. The lowest BCUT2D eigenvalue weighted by molar-refractivity contribution is -0.135. The van der Waals surface area contributed by atoms with E-state index in [1.165, 1.54) is 18.2 Å². The Kier molecular flexibility index (Phi) is 4.08. The van der Waals surface area contributed by atoms with Gasteiger partial charge in [-0.05, 0) is 23.3 Å². The Bertz CT molecular complexity index is 1010. The predicted molar refractivity (Wildman–Crippen MR) is 87.2 cm³/mol. The molecule has 1 heterocycles. The summed E-state index contributed by atoms with van der Waals surface area (Å²) in [4.78, 5) is 23.2. The zero-order valence-electron chi connectivity index (χ0n) is 13.0. The molecule has 0 radical (unpaired) electrons. The third-order valence-electron chi connectivity index (χ3n) is 3.60. The maximum Gasteiger partial charge on any atom is 0.419 e. The minimum Gasteiger partial charge on any atom is -0.421 e. The highest BCUT2D eigenvalue weighted by molar-refractivity contribution is 5.95. The van der Waals surface area contributed by atoms with E-state index in [9.17, 15) is 22.8 Å². The van der Waals surface area contributed by atoms with Gasteiger partial charge >= 0.3 is 11.8 Å². The van der Waals surface area contributed by atoms with Crippen LogP contribution >= 0.6 is 0 Å². The lowest BCUT2D eigenvalue weighted by atomic mass is 10.0. The number of hydrogen-bond acceptors (Lipinski definition) is 3. The molecule has 7 heteroatoms. The van der Waals surface area contributed by atoms with Crippen molar-refractivity contribution in [3.05, 3.63) is 64.5 Å². The number of fused-ring (bicyclic) bond motifs is 1. The quantitative estimate of drug-likeness (QED) is 0.698. The fraction of sp³-hybridized carbons (Fsp3) is 0.111. The number of hydrogen-bond donors (Lipinski definition) is 1. The van der Waals surface area contributed by atoms with Crippen LogP contribution in [0.5, 0.6) is 0 Å². The molecule has 0 saturated heterocycles. The van der Waals surface area contributed by atoms with Crippen LogP contribution in [0.2, 0.25) is 0 Å². The van der Waals surface area contributed by atoms with Crippen molar-refractivity contribution in [2.45, 2.75) is 13.1 Å². The minimum atomic E-state index is -4.83. The van der Waals surface area contributed by atoms with Gasteiger partial charge in [-0.1, -0.05) is 36.4 Å². The number of carbonyl (C=O) groups is 1. The highest BCUT2D eigenvalue weighted by atomic mass is 19.4. The van der Waals surface area contributed by atoms with E-state index in [1.807, 2.05) is 11.4 Å². The molecule has 0 saturated carbocycles. The van der Waals surface area contributed by atoms with E-state index in [4.69, 9.17) is 4.42 Å². The molecule has 0 aliphatic heterocycles. The number of anilines is 1. The Balaban J connectivity index is 2.30. The van der Waals surface area contributed by atoms with E-state index < -0.39 is 29.0 Å². The van der Waals surface area contributed by atoms with Gasteiger partial charge in [-0.3, -0.25) is 4.79 Å². The van der Waals surface area contributed by atoms with Crippen LogP contribution in [0.1, 0.15) is 12.5 Å². The molecule has 1 aromatic heterocycles. The first-order valence-electron chi connectivity index (χ1n) is 7.28. The van der Waals surface area contributed by atoms with Crippen LogP contribution < -0.4 is 10.9 Å². The average molecular weight is 347 g/mol. The van der Waals surface area contributed by atoms with Crippen molar-refractivity contribution in [2.24, 2.45) is 0 Å². The van der Waals surface area contributed by atoms with Gasteiger partial charge in [0.05, 0.1) is 5.56 Å². The van der Waals surface area contributed by atoms with Gasteiger partial charge in [0.15, 0.2) is 0 Å². The molecule has 0 aliphatic carbocycles. The Hall–Kier alpha value is -3.09. The number of amides is 1. The van der Waals surface area contributed by atoms with Gasteiger partial charge in [-0.25, -0.2) is 4.79 Å². The van der Waals surface area contributed by atoms with Gasteiger partial charge in [0.2, 0.25) is 5.91 Å². The van der Waals surface area contributed by atoms with Gasteiger partial charge in [0, 0.05) is 12.3 Å². The van der Waals surface area contributed by atoms with Crippen LogP contribution in [0.15, 0.2) is 57.7 Å². The van der Waals surface area contributed by atoms with Crippen LogP contribution in [0.25, 0.3) is 22.1 Å². The minimum absolute atomic E-state index is 0.201. The molecule has 1 N–H and O–H groups in total. The summed E-state index contributed by atoms with van der Waals surface area (Å²) in [5, 5.41) is 1.63. The molecule has 2 aromatic carbocycles. The van der Waals surface area contributed by atoms with Crippen LogP contribution in [-0.4, -0.2) is 5.91 Å². The fourth-order valence-electron chi connectivity index (χ4n) is 2.60. The van der Waals surface area contributed by atoms with Crippen LogP contribution in [0.4, 0.5) is 18.9 Å². The summed E-state index contributed by atoms with van der Waals surface area (Å²) in [6.45, 7) is 1.02. The fourth-order valence-corrected chi connectivity index (χ4v) is 2.60. The Morgan fingerprint density at radius 2 is 1.72 bits per heavy atom. The molecular weight excluding hydrogens is 335 g/mol. The van der Waals surface area contributed by atoms with E-state index in [2.05, 4.69) is 0 Å². The first kappa shape index (κ1) is 16.8. The highest BCUT2D eigenvalue weighted by Crippen LogP contribution is 2.39.